The molecule has 2 aliphatic rings. The third kappa shape index (κ3) is 4.52. The molecule has 8 heteroatoms. The number of amides is 2. The normalized spacial score (nSPS) is 16.7. The molecule has 29 heavy (non-hydrogen) atoms. The molecule has 0 radical (unpaired) electrons. The van der Waals surface area contributed by atoms with E-state index in [1.54, 1.807) is 35.2 Å². The van der Waals surface area contributed by atoms with Gasteiger partial charge in [-0.05, 0) is 43.2 Å². The average molecular weight is 415 g/mol. The Labute approximate surface area is 174 Å². The molecule has 2 fully saturated rings. The lowest BCUT2D eigenvalue weighted by Gasteiger charge is -2.30. The van der Waals surface area contributed by atoms with Gasteiger partial charge in [-0.15, -0.1) is 0 Å². The number of nitrogens with one attached hydrogen (secondary N) is 1. The van der Waals surface area contributed by atoms with E-state index in [2.05, 4.69) is 15.2 Å². The summed E-state index contributed by atoms with van der Waals surface area (Å²) >= 11 is 6.16. The van der Waals surface area contributed by atoms with E-state index in [0.717, 1.165) is 44.7 Å². The van der Waals surface area contributed by atoms with Crippen LogP contribution in [0, 0.1) is 0 Å². The Morgan fingerprint density at radius 1 is 1.00 bits per heavy atom. The highest BCUT2D eigenvalue weighted by Gasteiger charge is 2.22. The van der Waals surface area contributed by atoms with Crippen molar-refractivity contribution in [1.82, 2.24) is 9.88 Å². The van der Waals surface area contributed by atoms with Crippen LogP contribution in [0.3, 0.4) is 0 Å². The maximum atomic E-state index is 12.9. The van der Waals surface area contributed by atoms with Gasteiger partial charge in [0.15, 0.2) is 0 Å². The highest BCUT2D eigenvalue weighted by atomic mass is 35.5. The van der Waals surface area contributed by atoms with Crippen molar-refractivity contribution in [2.45, 2.75) is 12.8 Å². The first-order chi connectivity index (χ1) is 14.1. The van der Waals surface area contributed by atoms with Crippen molar-refractivity contribution in [2.24, 2.45) is 0 Å². The van der Waals surface area contributed by atoms with Crippen molar-refractivity contribution in [2.75, 3.05) is 49.6 Å². The number of nitrogens with zero attached hydrogens (tertiary/aromatic N) is 3. The summed E-state index contributed by atoms with van der Waals surface area (Å²) in [6.07, 6.45) is 2.01. The van der Waals surface area contributed by atoms with Crippen molar-refractivity contribution >= 4 is 34.8 Å². The summed E-state index contributed by atoms with van der Waals surface area (Å²) in [5, 5.41) is 3.44. The zero-order valence-electron chi connectivity index (χ0n) is 16.1. The summed E-state index contributed by atoms with van der Waals surface area (Å²) in [4.78, 5) is 33.7. The molecule has 1 N–H and O–H groups in total. The van der Waals surface area contributed by atoms with Crippen molar-refractivity contribution in [3.63, 3.8) is 0 Å². The predicted octanol–water partition coefficient (Wildman–Crippen LogP) is 3.06. The van der Waals surface area contributed by atoms with Crippen molar-refractivity contribution in [3.05, 3.63) is 52.8 Å². The quantitative estimate of drug-likeness (QED) is 0.832. The number of hydrogen-bond acceptors (Lipinski definition) is 5. The Bertz CT molecular complexity index is 909. The number of benzene rings is 1. The standard InChI is InChI=1S/C21H23ClN4O3/c22-15-6-7-19(25-10-12-29-13-11-25)18(14-15)24-20(27)16-4-3-5-17(23-16)21(28)26-8-1-2-9-26/h3-7,14H,1-2,8-13H2,(H,24,27). The molecule has 152 valence electrons. The highest BCUT2D eigenvalue weighted by Crippen LogP contribution is 2.30. The first-order valence-electron chi connectivity index (χ1n) is 9.82. The van der Waals surface area contributed by atoms with Crippen LogP contribution >= 0.6 is 11.6 Å². The number of pyridine rings is 1. The number of rotatable bonds is 4. The van der Waals surface area contributed by atoms with Crippen molar-refractivity contribution in [3.8, 4) is 0 Å². The van der Waals surface area contributed by atoms with E-state index in [0.29, 0.717) is 29.6 Å². The Kier molecular flexibility index (Phi) is 5.97. The van der Waals surface area contributed by atoms with Crippen LogP contribution in [0.25, 0.3) is 0 Å². The van der Waals surface area contributed by atoms with Crippen LogP contribution in [-0.4, -0.2) is 61.1 Å². The Morgan fingerprint density at radius 2 is 1.72 bits per heavy atom. The van der Waals surface area contributed by atoms with E-state index >= 15 is 0 Å². The molecular formula is C21H23ClN4O3. The van der Waals surface area contributed by atoms with Gasteiger partial charge in [0.05, 0.1) is 24.6 Å². The molecule has 1 aromatic carbocycles. The van der Waals surface area contributed by atoms with Gasteiger partial charge in [0, 0.05) is 31.2 Å². The van der Waals surface area contributed by atoms with Gasteiger partial charge in [-0.2, -0.15) is 0 Å². The predicted molar refractivity (Wildman–Crippen MR) is 112 cm³/mol. The van der Waals surface area contributed by atoms with Crippen LogP contribution in [-0.2, 0) is 4.74 Å². The fraction of sp³-hybridized carbons (Fsp3) is 0.381. The fourth-order valence-electron chi connectivity index (χ4n) is 3.64. The monoisotopic (exact) mass is 414 g/mol. The Hall–Kier alpha value is -2.64. The van der Waals surface area contributed by atoms with Gasteiger partial charge in [0.25, 0.3) is 11.8 Å². The topological polar surface area (TPSA) is 74.8 Å². The third-order valence-corrected chi connectivity index (χ3v) is 5.39. The lowest BCUT2D eigenvalue weighted by molar-refractivity contribution is 0.0787. The molecule has 4 rings (SSSR count). The maximum Gasteiger partial charge on any atom is 0.274 e. The number of carbonyl (C=O) groups is 2. The fourth-order valence-corrected chi connectivity index (χ4v) is 3.81. The van der Waals surface area contributed by atoms with E-state index in [1.165, 1.54) is 0 Å². The second-order valence-electron chi connectivity index (χ2n) is 7.12. The highest BCUT2D eigenvalue weighted by molar-refractivity contribution is 6.31. The van der Waals surface area contributed by atoms with Crippen LogP contribution < -0.4 is 10.2 Å². The zero-order chi connectivity index (χ0) is 20.2. The molecule has 3 heterocycles. The number of likely N-dealkylation sites (tertiary alicyclic amines) is 1. The summed E-state index contributed by atoms with van der Waals surface area (Å²) < 4.78 is 5.41. The second kappa shape index (κ2) is 8.80. The van der Waals surface area contributed by atoms with Gasteiger partial charge in [-0.1, -0.05) is 17.7 Å². The zero-order valence-corrected chi connectivity index (χ0v) is 16.8. The summed E-state index contributed by atoms with van der Waals surface area (Å²) in [6.45, 7) is 4.23. The molecule has 2 aliphatic heterocycles. The Balaban J connectivity index is 1.54. The summed E-state index contributed by atoms with van der Waals surface area (Å²) in [7, 11) is 0. The number of anilines is 2. The molecule has 0 saturated carbocycles. The summed E-state index contributed by atoms with van der Waals surface area (Å²) in [5.74, 6) is -0.508. The molecule has 0 spiro atoms. The molecular weight excluding hydrogens is 392 g/mol. The molecule has 2 aromatic rings. The first-order valence-corrected chi connectivity index (χ1v) is 10.2. The van der Waals surface area contributed by atoms with E-state index in [9.17, 15) is 9.59 Å². The molecule has 1 aromatic heterocycles. The van der Waals surface area contributed by atoms with E-state index in [-0.39, 0.29) is 17.5 Å². The van der Waals surface area contributed by atoms with E-state index in [1.807, 2.05) is 6.07 Å². The van der Waals surface area contributed by atoms with Crippen molar-refractivity contribution < 1.29 is 14.3 Å². The van der Waals surface area contributed by atoms with Crippen LogP contribution in [0.4, 0.5) is 11.4 Å². The first kappa shape index (κ1) is 19.7. The number of hydrogen-bond donors (Lipinski definition) is 1. The molecule has 0 unspecified atom stereocenters. The van der Waals surface area contributed by atoms with Gasteiger partial charge < -0.3 is 19.9 Å². The summed E-state index contributed by atoms with van der Waals surface area (Å²) in [6, 6.07) is 10.4. The number of morpholine rings is 1. The second-order valence-corrected chi connectivity index (χ2v) is 7.56. The lowest BCUT2D eigenvalue weighted by atomic mass is 10.2. The van der Waals surface area contributed by atoms with Crippen LogP contribution in [0.5, 0.6) is 0 Å². The minimum absolute atomic E-state index is 0.131. The van der Waals surface area contributed by atoms with Gasteiger partial charge in [0.2, 0.25) is 0 Å². The molecule has 2 saturated heterocycles. The lowest BCUT2D eigenvalue weighted by Crippen LogP contribution is -2.36. The van der Waals surface area contributed by atoms with Crippen molar-refractivity contribution in [1.29, 1.82) is 0 Å². The van der Waals surface area contributed by atoms with Crippen LogP contribution in [0.2, 0.25) is 5.02 Å². The van der Waals surface area contributed by atoms with Crippen LogP contribution in [0.15, 0.2) is 36.4 Å². The smallest absolute Gasteiger partial charge is 0.274 e. The minimum atomic E-state index is -0.377. The molecule has 2 amide bonds. The molecule has 0 bridgehead atoms. The third-order valence-electron chi connectivity index (χ3n) is 5.15. The Morgan fingerprint density at radius 3 is 2.48 bits per heavy atom. The number of aromatic nitrogens is 1. The van der Waals surface area contributed by atoms with Gasteiger partial charge >= 0.3 is 0 Å². The largest absolute Gasteiger partial charge is 0.378 e. The summed E-state index contributed by atoms with van der Waals surface area (Å²) in [5.41, 5.74) is 1.99. The van der Waals surface area contributed by atoms with E-state index in [4.69, 9.17) is 16.3 Å². The molecule has 7 nitrogen and oxygen atoms in total. The maximum absolute atomic E-state index is 12.9. The van der Waals surface area contributed by atoms with Gasteiger partial charge in [-0.3, -0.25) is 9.59 Å². The molecule has 0 atom stereocenters. The van der Waals surface area contributed by atoms with Gasteiger partial charge in [0.1, 0.15) is 11.4 Å². The van der Waals surface area contributed by atoms with Gasteiger partial charge in [-0.25, -0.2) is 4.98 Å². The van der Waals surface area contributed by atoms with Crippen LogP contribution in [0.1, 0.15) is 33.8 Å². The average Bonchev–Trinajstić information content (AvgIpc) is 3.29. The minimum Gasteiger partial charge on any atom is -0.378 e. The number of carbonyl (C=O) groups excluding carboxylic acids is 2. The number of halogens is 1. The number of ether oxygens (including phenoxy) is 1. The van der Waals surface area contributed by atoms with E-state index < -0.39 is 0 Å². The SMILES string of the molecule is O=C(Nc1cc(Cl)ccc1N1CCOCC1)c1cccc(C(=O)N2CCCC2)n1. The molecule has 0 aliphatic carbocycles.